The van der Waals surface area contributed by atoms with E-state index in [4.69, 9.17) is 9.72 Å². The van der Waals surface area contributed by atoms with Crippen molar-refractivity contribution in [2.75, 3.05) is 10.7 Å². The molecule has 7 nitrogen and oxygen atoms in total. The van der Waals surface area contributed by atoms with E-state index in [2.05, 4.69) is 30.1 Å². The molecule has 1 aromatic heterocycles. The van der Waals surface area contributed by atoms with E-state index >= 15 is 0 Å². The van der Waals surface area contributed by atoms with Crippen molar-refractivity contribution >= 4 is 23.4 Å². The maximum absolute atomic E-state index is 13.5. The zero-order chi connectivity index (χ0) is 24.9. The third-order valence-electron chi connectivity index (χ3n) is 5.74. The highest BCUT2D eigenvalue weighted by atomic mass is 32.2. The molecule has 0 unspecified atom stereocenters. The van der Waals surface area contributed by atoms with Crippen LogP contribution in [0.4, 0.5) is 5.69 Å². The van der Waals surface area contributed by atoms with Crippen LogP contribution in [0.2, 0.25) is 0 Å². The van der Waals surface area contributed by atoms with Gasteiger partial charge in [0.2, 0.25) is 23.2 Å². The van der Waals surface area contributed by atoms with Crippen molar-refractivity contribution < 1.29 is 9.53 Å². The Kier molecular flexibility index (Phi) is 7.67. The first-order valence-corrected chi connectivity index (χ1v) is 12.9. The van der Waals surface area contributed by atoms with Gasteiger partial charge in [-0.1, -0.05) is 56.3 Å². The Hall–Kier alpha value is -3.44. The summed E-state index contributed by atoms with van der Waals surface area (Å²) >= 11 is 1.55. The lowest BCUT2D eigenvalue weighted by Crippen LogP contribution is -2.37. The molecular weight excluding hydrogens is 458 g/mol. The zero-order valence-corrected chi connectivity index (χ0v) is 21.3. The number of hydrogen-bond donors (Lipinski definition) is 0. The predicted octanol–water partition coefficient (Wildman–Crippen LogP) is 6.08. The Morgan fingerprint density at radius 3 is 2.66 bits per heavy atom. The molecule has 180 valence electrons. The van der Waals surface area contributed by atoms with Gasteiger partial charge in [0.25, 0.3) is 0 Å². The van der Waals surface area contributed by atoms with Crippen LogP contribution in [0.25, 0.3) is 11.3 Å². The number of nitriles is 1. The monoisotopic (exact) mass is 487 g/mol. The number of hydrogen-bond acceptors (Lipinski definition) is 7. The fraction of sp³-hybridized carbons (Fsp3) is 0.370. The molecule has 2 heterocycles. The Morgan fingerprint density at radius 2 is 1.97 bits per heavy atom. The number of aromatic nitrogens is 3. The second-order valence-electron chi connectivity index (χ2n) is 9.02. The quantitative estimate of drug-likeness (QED) is 0.373. The fourth-order valence-electron chi connectivity index (χ4n) is 3.87. The van der Waals surface area contributed by atoms with Crippen LogP contribution in [0, 0.1) is 24.2 Å². The molecule has 3 aromatic rings. The van der Waals surface area contributed by atoms with E-state index in [1.54, 1.807) is 28.8 Å². The first kappa shape index (κ1) is 24.7. The largest absolute Gasteiger partial charge is 0.447 e. The third kappa shape index (κ3) is 5.46. The van der Waals surface area contributed by atoms with Crippen LogP contribution < -0.4 is 9.64 Å². The number of fused-ring (bicyclic) bond motifs is 3. The van der Waals surface area contributed by atoms with Crippen molar-refractivity contribution in [2.45, 2.75) is 58.3 Å². The van der Waals surface area contributed by atoms with Gasteiger partial charge in [0.1, 0.15) is 0 Å². The minimum absolute atomic E-state index is 0.0562. The van der Waals surface area contributed by atoms with Crippen LogP contribution in [-0.4, -0.2) is 26.8 Å². The zero-order valence-electron chi connectivity index (χ0n) is 20.5. The molecule has 0 radical (unpaired) electrons. The predicted molar refractivity (Wildman–Crippen MR) is 137 cm³/mol. The highest BCUT2D eigenvalue weighted by Gasteiger charge is 2.35. The van der Waals surface area contributed by atoms with Crippen molar-refractivity contribution in [3.8, 4) is 23.2 Å². The first-order chi connectivity index (χ1) is 16.9. The molecule has 35 heavy (non-hydrogen) atoms. The van der Waals surface area contributed by atoms with Crippen LogP contribution >= 0.6 is 11.8 Å². The number of carbonyl (C=O) groups excluding carboxylic acids is 1. The van der Waals surface area contributed by atoms with Crippen LogP contribution in [0.3, 0.4) is 0 Å². The Balaban J connectivity index is 1.85. The minimum Gasteiger partial charge on any atom is -0.447 e. The Morgan fingerprint density at radius 1 is 1.20 bits per heavy atom. The molecule has 1 atom stereocenters. The first-order valence-electron chi connectivity index (χ1n) is 11.9. The molecule has 0 saturated carbocycles. The minimum atomic E-state index is -0.755. The van der Waals surface area contributed by atoms with Gasteiger partial charge in [0.15, 0.2) is 5.69 Å². The second kappa shape index (κ2) is 10.9. The van der Waals surface area contributed by atoms with E-state index < -0.39 is 6.23 Å². The van der Waals surface area contributed by atoms with Crippen LogP contribution in [0.15, 0.2) is 47.6 Å². The molecular formula is C27H29N5O2S. The van der Waals surface area contributed by atoms with Crippen LogP contribution in [0.5, 0.6) is 5.88 Å². The van der Waals surface area contributed by atoms with Gasteiger partial charge in [-0.25, -0.2) is 0 Å². The van der Waals surface area contributed by atoms with E-state index in [1.807, 2.05) is 44.2 Å². The molecule has 1 aliphatic rings. The Labute approximate surface area is 210 Å². The average molecular weight is 488 g/mol. The third-order valence-corrected chi connectivity index (χ3v) is 6.61. The number of aryl methyl sites for hydroxylation is 1. The molecule has 0 N–H and O–H groups in total. The SMILES string of the molecule is CCCC(=O)N1c2ccc(C)cc2-c2nnc(SCCC(C)C)nc2O[C@@H]1c1ccc(C#N)cc1. The lowest BCUT2D eigenvalue weighted by atomic mass is 10.0. The number of thioether (sulfide) groups is 1. The molecule has 1 amide bonds. The van der Waals surface area contributed by atoms with Gasteiger partial charge in [0, 0.05) is 23.3 Å². The number of benzene rings is 2. The number of nitrogens with zero attached hydrogens (tertiary/aromatic N) is 5. The number of ether oxygens (including phenoxy) is 1. The summed E-state index contributed by atoms with van der Waals surface area (Å²) in [5.74, 6) is 1.76. The lowest BCUT2D eigenvalue weighted by molar-refractivity contribution is -0.120. The van der Waals surface area contributed by atoms with E-state index in [-0.39, 0.29) is 5.91 Å². The number of amides is 1. The van der Waals surface area contributed by atoms with Gasteiger partial charge in [-0.05, 0) is 49.9 Å². The number of rotatable bonds is 7. The molecule has 0 aliphatic carbocycles. The van der Waals surface area contributed by atoms with E-state index in [0.29, 0.717) is 46.7 Å². The smallest absolute Gasteiger partial charge is 0.247 e. The summed E-state index contributed by atoms with van der Waals surface area (Å²) in [6, 6.07) is 15.1. The van der Waals surface area contributed by atoms with Gasteiger partial charge in [0.05, 0.1) is 17.3 Å². The summed E-state index contributed by atoms with van der Waals surface area (Å²) in [5, 5.41) is 18.7. The summed E-state index contributed by atoms with van der Waals surface area (Å²) in [4.78, 5) is 19.9. The molecule has 1 aliphatic heterocycles. The normalized spacial score (nSPS) is 14.5. The summed E-state index contributed by atoms with van der Waals surface area (Å²) in [6.07, 6.45) is 1.36. The van der Waals surface area contributed by atoms with Crippen molar-refractivity contribution in [3.63, 3.8) is 0 Å². The number of anilines is 1. The van der Waals surface area contributed by atoms with Crippen molar-refractivity contribution in [1.29, 1.82) is 5.26 Å². The maximum atomic E-state index is 13.5. The van der Waals surface area contributed by atoms with Crippen molar-refractivity contribution in [1.82, 2.24) is 15.2 Å². The van der Waals surface area contributed by atoms with Gasteiger partial charge in [-0.15, -0.1) is 10.2 Å². The highest BCUT2D eigenvalue weighted by molar-refractivity contribution is 7.99. The van der Waals surface area contributed by atoms with Gasteiger partial charge in [-0.3, -0.25) is 9.69 Å². The highest BCUT2D eigenvalue weighted by Crippen LogP contribution is 2.44. The fourth-order valence-corrected chi connectivity index (χ4v) is 4.89. The summed E-state index contributed by atoms with van der Waals surface area (Å²) in [5.41, 5.74) is 4.31. The molecule has 0 saturated heterocycles. The number of carbonyl (C=O) groups is 1. The van der Waals surface area contributed by atoms with E-state index in [1.165, 1.54) is 0 Å². The summed E-state index contributed by atoms with van der Waals surface area (Å²) < 4.78 is 6.48. The standard InChI is InChI=1S/C27H29N5O2S/c1-5-6-23(33)32-22-12-7-18(4)15-21(22)24-25(29-27(31-30-24)35-14-13-17(2)3)34-26(32)20-10-8-19(16-28)9-11-20/h7-12,15,17,26H,5-6,13-14H2,1-4H3/t26-/m1/s1. The topological polar surface area (TPSA) is 92.0 Å². The van der Waals surface area contributed by atoms with Gasteiger partial charge >= 0.3 is 0 Å². The molecule has 4 rings (SSSR count). The molecule has 0 bridgehead atoms. The Bertz CT molecular complexity index is 1250. The maximum Gasteiger partial charge on any atom is 0.247 e. The summed E-state index contributed by atoms with van der Waals surface area (Å²) in [6.45, 7) is 8.34. The molecule has 0 spiro atoms. The van der Waals surface area contributed by atoms with Gasteiger partial charge in [-0.2, -0.15) is 10.2 Å². The second-order valence-corrected chi connectivity index (χ2v) is 10.1. The van der Waals surface area contributed by atoms with Crippen molar-refractivity contribution in [3.05, 3.63) is 59.2 Å². The van der Waals surface area contributed by atoms with Crippen molar-refractivity contribution in [2.24, 2.45) is 5.92 Å². The lowest BCUT2D eigenvalue weighted by Gasteiger charge is -2.31. The molecule has 2 aromatic carbocycles. The van der Waals surface area contributed by atoms with Crippen LogP contribution in [-0.2, 0) is 4.79 Å². The summed E-state index contributed by atoms with van der Waals surface area (Å²) in [7, 11) is 0. The molecule has 8 heteroatoms. The van der Waals surface area contributed by atoms with Gasteiger partial charge < -0.3 is 4.74 Å². The van der Waals surface area contributed by atoms with E-state index in [9.17, 15) is 10.1 Å². The van der Waals surface area contributed by atoms with E-state index in [0.717, 1.165) is 28.9 Å². The molecule has 0 fully saturated rings. The average Bonchev–Trinajstić information content (AvgIpc) is 2.98. The van der Waals surface area contributed by atoms with Crippen LogP contribution in [0.1, 0.15) is 63.0 Å².